The number of rotatable bonds is 4. The Morgan fingerprint density at radius 1 is 1.10 bits per heavy atom. The molecule has 1 amide bonds. The molecule has 152 valence electrons. The topological polar surface area (TPSA) is 94.7 Å². The van der Waals surface area contributed by atoms with Crippen LogP contribution >= 0.6 is 11.3 Å². The smallest absolute Gasteiger partial charge is 0.277 e. The van der Waals surface area contributed by atoms with Crippen LogP contribution < -0.4 is 10.9 Å². The Hall–Kier alpha value is -3.59. The van der Waals surface area contributed by atoms with Crippen LogP contribution in [0.15, 0.2) is 47.5 Å². The lowest BCUT2D eigenvalue weighted by molar-refractivity contribution is 0.103. The van der Waals surface area contributed by atoms with Gasteiger partial charge >= 0.3 is 0 Å². The van der Waals surface area contributed by atoms with E-state index in [1.807, 2.05) is 50.4 Å². The van der Waals surface area contributed by atoms with Crippen LogP contribution in [0.4, 0.5) is 5.69 Å². The molecule has 0 unspecified atom stereocenters. The van der Waals surface area contributed by atoms with Crippen LogP contribution in [0.1, 0.15) is 26.6 Å². The van der Waals surface area contributed by atoms with Crippen molar-refractivity contribution in [1.29, 1.82) is 0 Å². The summed E-state index contributed by atoms with van der Waals surface area (Å²) in [4.78, 5) is 30.7. The number of para-hydroxylation sites is 2. The number of hydrogen-bond acceptors (Lipinski definition) is 6. The molecule has 0 fully saturated rings. The molecule has 1 N–H and O–H groups in total. The van der Waals surface area contributed by atoms with Crippen molar-refractivity contribution < 1.29 is 4.79 Å². The number of thiazole rings is 1. The van der Waals surface area contributed by atoms with E-state index in [4.69, 9.17) is 0 Å². The van der Waals surface area contributed by atoms with Crippen molar-refractivity contribution in [3.8, 4) is 16.3 Å². The van der Waals surface area contributed by atoms with Crippen LogP contribution in [0.5, 0.6) is 0 Å². The zero-order valence-corrected chi connectivity index (χ0v) is 17.8. The van der Waals surface area contributed by atoms with Crippen molar-refractivity contribution in [1.82, 2.24) is 24.5 Å². The van der Waals surface area contributed by atoms with E-state index in [0.29, 0.717) is 26.8 Å². The minimum absolute atomic E-state index is 0.233. The monoisotopic (exact) mass is 420 g/mol. The third-order valence-corrected chi connectivity index (χ3v) is 6.02. The summed E-state index contributed by atoms with van der Waals surface area (Å²) in [5, 5.41) is 11.9. The zero-order valence-electron chi connectivity index (χ0n) is 17.0. The van der Waals surface area contributed by atoms with Crippen LogP contribution in [0.2, 0.25) is 0 Å². The van der Waals surface area contributed by atoms with E-state index in [1.54, 1.807) is 24.9 Å². The van der Waals surface area contributed by atoms with E-state index in [0.717, 1.165) is 16.9 Å². The number of aromatic nitrogens is 5. The van der Waals surface area contributed by atoms with E-state index in [9.17, 15) is 9.59 Å². The second kappa shape index (κ2) is 7.68. The average Bonchev–Trinajstić information content (AvgIpc) is 3.37. The first-order chi connectivity index (χ1) is 14.4. The van der Waals surface area contributed by atoms with E-state index < -0.39 is 0 Å². The Morgan fingerprint density at radius 3 is 2.60 bits per heavy atom. The molecule has 0 bridgehead atoms. The van der Waals surface area contributed by atoms with Gasteiger partial charge in [-0.1, -0.05) is 12.1 Å². The molecule has 0 aliphatic heterocycles. The number of anilines is 1. The second-order valence-corrected chi connectivity index (χ2v) is 7.87. The molecule has 0 spiro atoms. The molecule has 9 heteroatoms. The fourth-order valence-electron chi connectivity index (χ4n) is 3.18. The number of carbonyl (C=O) groups is 1. The molecular formula is C21H20N6O2S. The maximum atomic E-state index is 13.0. The van der Waals surface area contributed by atoms with Gasteiger partial charge in [0.05, 0.1) is 28.3 Å². The van der Waals surface area contributed by atoms with Crippen molar-refractivity contribution in [2.45, 2.75) is 20.8 Å². The fraction of sp³-hybridized carbons (Fsp3) is 0.190. The van der Waals surface area contributed by atoms with Crippen LogP contribution in [-0.4, -0.2) is 30.5 Å². The molecule has 0 atom stereocenters. The molecular weight excluding hydrogens is 400 g/mol. The Balaban J connectivity index is 1.71. The van der Waals surface area contributed by atoms with Crippen molar-refractivity contribution in [2.75, 3.05) is 5.32 Å². The van der Waals surface area contributed by atoms with E-state index in [2.05, 4.69) is 20.5 Å². The van der Waals surface area contributed by atoms with Gasteiger partial charge in [0.1, 0.15) is 9.88 Å². The summed E-state index contributed by atoms with van der Waals surface area (Å²) in [5.41, 5.74) is 3.72. The number of hydrogen-bond donors (Lipinski definition) is 1. The minimum Gasteiger partial charge on any atom is -0.319 e. The van der Waals surface area contributed by atoms with Crippen LogP contribution in [-0.2, 0) is 7.05 Å². The number of nitrogens with one attached hydrogen (secondary N) is 1. The van der Waals surface area contributed by atoms with Crippen molar-refractivity contribution in [3.63, 3.8) is 0 Å². The Labute approximate surface area is 176 Å². The number of nitrogens with zero attached hydrogens (tertiary/aromatic N) is 5. The molecule has 0 aliphatic carbocycles. The second-order valence-electron chi connectivity index (χ2n) is 6.87. The molecule has 8 nitrogen and oxygen atoms in total. The zero-order chi connectivity index (χ0) is 21.4. The standard InChI is InChI=1S/C21H20N6O2S/c1-12-13(2)25-26(4)21(29)17(12)20-23-14(3)18(30-20)19(28)24-15-8-5-6-9-16(15)27-11-7-10-22-27/h5-11H,1-4H3,(H,24,28). The van der Waals surface area contributed by atoms with Gasteiger partial charge in [-0.05, 0) is 44.5 Å². The molecule has 0 radical (unpaired) electrons. The normalized spacial score (nSPS) is 10.9. The predicted molar refractivity (Wildman–Crippen MR) is 116 cm³/mol. The molecule has 4 aromatic rings. The van der Waals surface area contributed by atoms with Crippen molar-refractivity contribution in [3.05, 3.63) is 74.9 Å². The van der Waals surface area contributed by atoms with Crippen LogP contribution in [0.25, 0.3) is 16.3 Å². The number of amides is 1. The van der Waals surface area contributed by atoms with Gasteiger partial charge < -0.3 is 5.32 Å². The van der Waals surface area contributed by atoms with E-state index in [1.165, 1.54) is 16.0 Å². The first-order valence-corrected chi connectivity index (χ1v) is 10.1. The van der Waals surface area contributed by atoms with Crippen molar-refractivity contribution in [2.24, 2.45) is 7.05 Å². The summed E-state index contributed by atoms with van der Waals surface area (Å²) in [5.74, 6) is -0.281. The maximum absolute atomic E-state index is 13.0. The largest absolute Gasteiger partial charge is 0.319 e. The molecule has 1 aromatic carbocycles. The highest BCUT2D eigenvalue weighted by Crippen LogP contribution is 2.30. The summed E-state index contributed by atoms with van der Waals surface area (Å²) in [6, 6.07) is 9.24. The van der Waals surface area contributed by atoms with Crippen LogP contribution in [0.3, 0.4) is 0 Å². The molecule has 3 heterocycles. The third kappa shape index (κ3) is 3.43. The highest BCUT2D eigenvalue weighted by Gasteiger charge is 2.21. The third-order valence-electron chi connectivity index (χ3n) is 4.85. The van der Waals surface area contributed by atoms with Crippen LogP contribution in [0, 0.1) is 20.8 Å². The SMILES string of the molecule is Cc1nc(-c2c(C)c(C)nn(C)c2=O)sc1C(=O)Nc1ccccc1-n1cccn1. The summed E-state index contributed by atoms with van der Waals surface area (Å²) in [7, 11) is 1.61. The van der Waals surface area contributed by atoms with E-state index >= 15 is 0 Å². The maximum Gasteiger partial charge on any atom is 0.277 e. The predicted octanol–water partition coefficient (Wildman–Crippen LogP) is 3.27. The van der Waals surface area contributed by atoms with E-state index in [-0.39, 0.29) is 11.5 Å². The highest BCUT2D eigenvalue weighted by molar-refractivity contribution is 7.17. The molecule has 0 saturated carbocycles. The first kappa shape index (κ1) is 19.7. The lowest BCUT2D eigenvalue weighted by Crippen LogP contribution is -2.23. The van der Waals surface area contributed by atoms with Gasteiger partial charge in [-0.15, -0.1) is 11.3 Å². The minimum atomic E-state index is -0.281. The Bertz CT molecular complexity index is 1300. The Morgan fingerprint density at radius 2 is 1.87 bits per heavy atom. The average molecular weight is 420 g/mol. The Kier molecular flexibility index (Phi) is 5.04. The van der Waals surface area contributed by atoms with Gasteiger partial charge in [0.25, 0.3) is 11.5 Å². The lowest BCUT2D eigenvalue weighted by atomic mass is 10.1. The summed E-state index contributed by atoms with van der Waals surface area (Å²) < 4.78 is 2.99. The molecule has 0 saturated heterocycles. The van der Waals surface area contributed by atoms with Gasteiger partial charge in [0.2, 0.25) is 0 Å². The fourth-order valence-corrected chi connectivity index (χ4v) is 4.24. The summed E-state index contributed by atoms with van der Waals surface area (Å²) in [6.45, 7) is 5.45. The first-order valence-electron chi connectivity index (χ1n) is 9.29. The molecule has 30 heavy (non-hydrogen) atoms. The molecule has 4 rings (SSSR count). The van der Waals surface area contributed by atoms with Gasteiger partial charge in [-0.3, -0.25) is 9.59 Å². The summed E-state index contributed by atoms with van der Waals surface area (Å²) >= 11 is 1.20. The van der Waals surface area contributed by atoms with Gasteiger partial charge in [-0.25, -0.2) is 14.3 Å². The van der Waals surface area contributed by atoms with Crippen molar-refractivity contribution >= 4 is 22.9 Å². The molecule has 3 aromatic heterocycles. The highest BCUT2D eigenvalue weighted by atomic mass is 32.1. The molecule has 0 aliphatic rings. The number of carbonyl (C=O) groups excluding carboxylic acids is 1. The lowest BCUT2D eigenvalue weighted by Gasteiger charge is -2.10. The summed E-state index contributed by atoms with van der Waals surface area (Å²) in [6.07, 6.45) is 3.49. The van der Waals surface area contributed by atoms with Gasteiger partial charge in [0.15, 0.2) is 0 Å². The quantitative estimate of drug-likeness (QED) is 0.547. The number of benzene rings is 1. The van der Waals surface area contributed by atoms with Gasteiger partial charge in [0, 0.05) is 19.4 Å². The number of aryl methyl sites for hydroxylation is 3. The van der Waals surface area contributed by atoms with Gasteiger partial charge in [-0.2, -0.15) is 10.2 Å².